The van der Waals surface area contributed by atoms with E-state index < -0.39 is 0 Å². The number of nitrogens with one attached hydrogen (secondary N) is 2. The second-order valence-electron chi connectivity index (χ2n) is 4.70. The molecule has 1 aromatic carbocycles. The lowest BCUT2D eigenvalue weighted by Gasteiger charge is -2.17. The average molecular weight is 248 g/mol. The van der Waals surface area contributed by atoms with Crippen LogP contribution in [-0.2, 0) is 4.79 Å². The first-order valence-electron chi connectivity index (χ1n) is 6.35. The molecule has 0 bridgehead atoms. The van der Waals surface area contributed by atoms with Gasteiger partial charge in [-0.3, -0.25) is 4.79 Å². The Morgan fingerprint density at radius 1 is 1.56 bits per heavy atom. The van der Waals surface area contributed by atoms with Crippen molar-refractivity contribution in [1.29, 1.82) is 0 Å². The normalized spacial score (nSPS) is 20.4. The first-order valence-corrected chi connectivity index (χ1v) is 6.35. The second kappa shape index (κ2) is 5.87. The van der Waals surface area contributed by atoms with Crippen molar-refractivity contribution in [1.82, 2.24) is 10.6 Å². The fourth-order valence-electron chi connectivity index (χ4n) is 2.20. The van der Waals surface area contributed by atoms with Gasteiger partial charge in [-0.15, -0.1) is 0 Å². The van der Waals surface area contributed by atoms with Crippen LogP contribution in [0.25, 0.3) is 0 Å². The maximum atomic E-state index is 12.0. The average Bonchev–Trinajstić information content (AvgIpc) is 2.92. The molecule has 1 aliphatic heterocycles. The van der Waals surface area contributed by atoms with Crippen molar-refractivity contribution >= 4 is 5.91 Å². The van der Waals surface area contributed by atoms with E-state index in [1.165, 1.54) is 0 Å². The molecule has 1 aromatic rings. The Hall–Kier alpha value is -1.55. The highest BCUT2D eigenvalue weighted by Crippen LogP contribution is 2.19. The monoisotopic (exact) mass is 248 g/mol. The Kier molecular flexibility index (Phi) is 4.20. The minimum atomic E-state index is 0.00759. The molecule has 98 valence electrons. The van der Waals surface area contributed by atoms with Crippen molar-refractivity contribution < 1.29 is 9.53 Å². The van der Waals surface area contributed by atoms with Crippen molar-refractivity contribution in [3.05, 3.63) is 29.8 Å². The smallest absolute Gasteiger partial charge is 0.224 e. The summed E-state index contributed by atoms with van der Waals surface area (Å²) in [5, 5.41) is 6.26. The summed E-state index contributed by atoms with van der Waals surface area (Å²) in [7, 11) is 1.65. The van der Waals surface area contributed by atoms with E-state index in [2.05, 4.69) is 10.6 Å². The first kappa shape index (κ1) is 12.9. The van der Waals surface area contributed by atoms with Gasteiger partial charge >= 0.3 is 0 Å². The van der Waals surface area contributed by atoms with E-state index in [1.807, 2.05) is 31.2 Å². The molecule has 1 saturated heterocycles. The summed E-state index contributed by atoms with van der Waals surface area (Å²) >= 11 is 0. The van der Waals surface area contributed by atoms with E-state index in [-0.39, 0.29) is 17.9 Å². The molecule has 1 heterocycles. The number of methoxy groups -OCH3 is 1. The third-order valence-corrected chi connectivity index (χ3v) is 3.38. The SMILES string of the molecule is COc1cccc([C@@H](C)NC(=O)C2CCNC2)c1. The Labute approximate surface area is 108 Å². The zero-order valence-corrected chi connectivity index (χ0v) is 10.9. The van der Waals surface area contributed by atoms with Crippen LogP contribution in [0.2, 0.25) is 0 Å². The van der Waals surface area contributed by atoms with Gasteiger partial charge in [0, 0.05) is 6.54 Å². The quantitative estimate of drug-likeness (QED) is 0.848. The van der Waals surface area contributed by atoms with E-state index >= 15 is 0 Å². The molecule has 0 saturated carbocycles. The van der Waals surface area contributed by atoms with Crippen LogP contribution in [0.3, 0.4) is 0 Å². The van der Waals surface area contributed by atoms with Crippen molar-refractivity contribution in [2.75, 3.05) is 20.2 Å². The largest absolute Gasteiger partial charge is 0.497 e. The number of hydrogen-bond acceptors (Lipinski definition) is 3. The molecule has 2 rings (SSSR count). The molecule has 0 aromatic heterocycles. The number of hydrogen-bond donors (Lipinski definition) is 2. The van der Waals surface area contributed by atoms with Crippen LogP contribution >= 0.6 is 0 Å². The molecule has 1 amide bonds. The second-order valence-corrected chi connectivity index (χ2v) is 4.70. The van der Waals surface area contributed by atoms with E-state index in [9.17, 15) is 4.79 Å². The molecule has 4 nitrogen and oxygen atoms in total. The highest BCUT2D eigenvalue weighted by Gasteiger charge is 2.23. The third-order valence-electron chi connectivity index (χ3n) is 3.38. The number of carbonyl (C=O) groups is 1. The van der Waals surface area contributed by atoms with Gasteiger partial charge in [0.1, 0.15) is 5.75 Å². The Balaban J connectivity index is 1.97. The molecule has 1 fully saturated rings. The van der Waals surface area contributed by atoms with Crippen molar-refractivity contribution in [3.63, 3.8) is 0 Å². The molecule has 0 radical (unpaired) electrons. The Morgan fingerprint density at radius 3 is 3.06 bits per heavy atom. The van der Waals surface area contributed by atoms with E-state index in [4.69, 9.17) is 4.74 Å². The van der Waals surface area contributed by atoms with Crippen LogP contribution in [0.1, 0.15) is 24.9 Å². The molecule has 1 unspecified atom stereocenters. The predicted molar refractivity (Wildman–Crippen MR) is 70.5 cm³/mol. The summed E-state index contributed by atoms with van der Waals surface area (Å²) in [5.41, 5.74) is 1.06. The van der Waals surface area contributed by atoms with Gasteiger partial charge in [0.2, 0.25) is 5.91 Å². The van der Waals surface area contributed by atoms with Gasteiger partial charge in [-0.1, -0.05) is 12.1 Å². The summed E-state index contributed by atoms with van der Waals surface area (Å²) < 4.78 is 5.19. The predicted octanol–water partition coefficient (Wildman–Crippen LogP) is 1.48. The Morgan fingerprint density at radius 2 is 2.39 bits per heavy atom. The van der Waals surface area contributed by atoms with E-state index in [1.54, 1.807) is 7.11 Å². The van der Waals surface area contributed by atoms with Crippen molar-refractivity contribution in [3.8, 4) is 5.75 Å². The minimum absolute atomic E-state index is 0.00759. The number of benzene rings is 1. The molecular weight excluding hydrogens is 228 g/mol. The zero-order chi connectivity index (χ0) is 13.0. The van der Waals surface area contributed by atoms with Crippen LogP contribution in [0.4, 0.5) is 0 Å². The molecular formula is C14H20N2O2. The lowest BCUT2D eigenvalue weighted by atomic mass is 10.0. The molecule has 4 heteroatoms. The molecule has 0 spiro atoms. The van der Waals surface area contributed by atoms with Gasteiger partial charge in [0.05, 0.1) is 19.1 Å². The van der Waals surface area contributed by atoms with E-state index in [0.29, 0.717) is 0 Å². The van der Waals surface area contributed by atoms with Crippen LogP contribution < -0.4 is 15.4 Å². The highest BCUT2D eigenvalue weighted by molar-refractivity contribution is 5.79. The number of rotatable bonds is 4. The van der Waals surface area contributed by atoms with Gasteiger partial charge in [0.15, 0.2) is 0 Å². The fourth-order valence-corrected chi connectivity index (χ4v) is 2.20. The topological polar surface area (TPSA) is 50.4 Å². The molecule has 0 aliphatic carbocycles. The maximum Gasteiger partial charge on any atom is 0.224 e. The number of carbonyl (C=O) groups excluding carboxylic acids is 1. The summed E-state index contributed by atoms with van der Waals surface area (Å²) in [5.74, 6) is 1.06. The summed E-state index contributed by atoms with van der Waals surface area (Å²) in [6.45, 7) is 3.72. The van der Waals surface area contributed by atoms with Gasteiger partial charge in [-0.25, -0.2) is 0 Å². The lowest BCUT2D eigenvalue weighted by Crippen LogP contribution is -2.33. The molecule has 1 aliphatic rings. The van der Waals surface area contributed by atoms with Crippen molar-refractivity contribution in [2.24, 2.45) is 5.92 Å². The van der Waals surface area contributed by atoms with E-state index in [0.717, 1.165) is 30.8 Å². The zero-order valence-electron chi connectivity index (χ0n) is 10.9. The number of amides is 1. The summed E-state index contributed by atoms with van der Waals surface area (Å²) in [6, 6.07) is 7.80. The highest BCUT2D eigenvalue weighted by atomic mass is 16.5. The summed E-state index contributed by atoms with van der Waals surface area (Å²) in [4.78, 5) is 12.0. The van der Waals surface area contributed by atoms with Crippen molar-refractivity contribution in [2.45, 2.75) is 19.4 Å². The molecule has 2 N–H and O–H groups in total. The van der Waals surface area contributed by atoms with Gasteiger partial charge in [-0.2, -0.15) is 0 Å². The first-order chi connectivity index (χ1) is 8.70. The van der Waals surface area contributed by atoms with Crippen LogP contribution in [0.5, 0.6) is 5.75 Å². The number of ether oxygens (including phenoxy) is 1. The maximum absolute atomic E-state index is 12.0. The molecule has 18 heavy (non-hydrogen) atoms. The van der Waals surface area contributed by atoms with Crippen LogP contribution in [-0.4, -0.2) is 26.1 Å². The third kappa shape index (κ3) is 3.01. The fraction of sp³-hybridized carbons (Fsp3) is 0.500. The van der Waals surface area contributed by atoms with Gasteiger partial charge in [0.25, 0.3) is 0 Å². The van der Waals surface area contributed by atoms with Crippen LogP contribution in [0, 0.1) is 5.92 Å². The lowest BCUT2D eigenvalue weighted by molar-refractivity contribution is -0.125. The summed E-state index contributed by atoms with van der Waals surface area (Å²) in [6.07, 6.45) is 0.927. The minimum Gasteiger partial charge on any atom is -0.497 e. The Bertz CT molecular complexity index is 414. The van der Waals surface area contributed by atoms with Gasteiger partial charge < -0.3 is 15.4 Å². The standard InChI is InChI=1S/C14H20N2O2/c1-10(11-4-3-5-13(8-11)18-2)16-14(17)12-6-7-15-9-12/h3-5,8,10,12,15H,6-7,9H2,1-2H3,(H,16,17)/t10-,12?/m1/s1. The van der Waals surface area contributed by atoms with Gasteiger partial charge in [-0.05, 0) is 37.6 Å². The molecule has 2 atom stereocenters. The van der Waals surface area contributed by atoms with Crippen LogP contribution in [0.15, 0.2) is 24.3 Å².